The molecule has 2 rings (SSSR count). The Morgan fingerprint density at radius 3 is 2.71 bits per heavy atom. The normalized spacial score (nSPS) is 13.8. The molecule has 0 amide bonds. The second-order valence-corrected chi connectivity index (χ2v) is 7.49. The van der Waals surface area contributed by atoms with Crippen molar-refractivity contribution >= 4 is 7.37 Å². The van der Waals surface area contributed by atoms with E-state index in [0.29, 0.717) is 25.1 Å². The lowest BCUT2D eigenvalue weighted by Gasteiger charge is -2.10. The van der Waals surface area contributed by atoms with E-state index in [1.807, 2.05) is 23.9 Å². The predicted molar refractivity (Wildman–Crippen MR) is 80.1 cm³/mol. The van der Waals surface area contributed by atoms with Gasteiger partial charge in [-0.05, 0) is 18.1 Å². The van der Waals surface area contributed by atoms with Crippen LogP contribution >= 0.6 is 7.37 Å². The summed E-state index contributed by atoms with van der Waals surface area (Å²) in [6.45, 7) is 4.74. The smallest absolute Gasteiger partial charge is 0.200 e. The van der Waals surface area contributed by atoms with Gasteiger partial charge in [0, 0.05) is 43.3 Å². The highest BCUT2D eigenvalue weighted by Crippen LogP contribution is 2.42. The molecule has 21 heavy (non-hydrogen) atoms. The van der Waals surface area contributed by atoms with E-state index in [1.165, 1.54) is 0 Å². The van der Waals surface area contributed by atoms with Crippen molar-refractivity contribution in [3.8, 4) is 11.4 Å². The van der Waals surface area contributed by atoms with Crippen molar-refractivity contribution in [2.45, 2.75) is 19.9 Å². The van der Waals surface area contributed by atoms with Gasteiger partial charge in [0.05, 0.1) is 6.61 Å². The molecular weight excluding hydrogens is 287 g/mol. The van der Waals surface area contributed by atoms with Crippen LogP contribution in [0.2, 0.25) is 0 Å². The molecule has 0 aliphatic carbocycles. The zero-order valence-electron chi connectivity index (χ0n) is 12.3. The molecule has 112 valence electrons. The zero-order chi connectivity index (χ0) is 15.1. The lowest BCUT2D eigenvalue weighted by atomic mass is 10.3. The number of rotatable bonds is 7. The van der Waals surface area contributed by atoms with Gasteiger partial charge < -0.3 is 4.52 Å². The highest BCUT2D eigenvalue weighted by Gasteiger charge is 2.16. The van der Waals surface area contributed by atoms with Crippen LogP contribution in [0.5, 0.6) is 0 Å². The quantitative estimate of drug-likeness (QED) is 0.579. The third-order valence-corrected chi connectivity index (χ3v) is 4.88. The minimum atomic E-state index is -2.45. The van der Waals surface area contributed by atoms with E-state index in [9.17, 15) is 4.57 Å². The summed E-state index contributed by atoms with van der Waals surface area (Å²) >= 11 is 0. The monoisotopic (exact) mass is 307 g/mol. The average molecular weight is 307 g/mol. The fourth-order valence-corrected chi connectivity index (χ4v) is 3.35. The third-order valence-electron chi connectivity index (χ3n) is 2.95. The van der Waals surface area contributed by atoms with Crippen LogP contribution in [0.15, 0.2) is 36.9 Å². The van der Waals surface area contributed by atoms with Crippen LogP contribution in [0.3, 0.4) is 0 Å². The molecule has 0 aromatic carbocycles. The van der Waals surface area contributed by atoms with Crippen molar-refractivity contribution < 1.29 is 13.8 Å². The number of nitrogens with zero attached hydrogens (tertiary/aromatic N) is 4. The number of aromatic nitrogens is 4. The Balaban J connectivity index is 1.90. The van der Waals surface area contributed by atoms with Crippen molar-refractivity contribution in [1.29, 1.82) is 0 Å². The first-order valence-corrected chi connectivity index (χ1v) is 9.21. The summed E-state index contributed by atoms with van der Waals surface area (Å²) in [6, 6.07) is 3.71. The standard InChI is InChI=1S/C14H20N4O2P/c1-3-20-21(2,19)11-5-9-18-10-6-13(12-17-18)14-15-7-4-8-16-14/h4,6-8,10,12H,3,5,9,11H2,1-2H3/q+1. The Morgan fingerprint density at radius 1 is 1.33 bits per heavy atom. The maximum Gasteiger partial charge on any atom is 0.200 e. The molecule has 7 heteroatoms. The van der Waals surface area contributed by atoms with E-state index >= 15 is 0 Å². The molecular formula is C14H20N4O2P+. The van der Waals surface area contributed by atoms with Gasteiger partial charge in [0.2, 0.25) is 0 Å². The second kappa shape index (κ2) is 7.38. The van der Waals surface area contributed by atoms with Gasteiger partial charge in [0.25, 0.3) is 0 Å². The molecule has 0 bridgehead atoms. The predicted octanol–water partition coefficient (Wildman–Crippen LogP) is 2.16. The Bertz CT molecular complexity index is 604. The van der Waals surface area contributed by atoms with Crippen molar-refractivity contribution in [2.24, 2.45) is 0 Å². The molecule has 6 nitrogen and oxygen atoms in total. The molecule has 0 radical (unpaired) electrons. The molecule has 1 unspecified atom stereocenters. The van der Waals surface area contributed by atoms with E-state index in [1.54, 1.807) is 31.3 Å². The van der Waals surface area contributed by atoms with Crippen LogP contribution in [0.4, 0.5) is 0 Å². The van der Waals surface area contributed by atoms with Gasteiger partial charge >= 0.3 is 0 Å². The molecule has 2 heterocycles. The molecule has 2 aromatic rings. The molecule has 0 saturated carbocycles. The first-order chi connectivity index (χ1) is 10.1. The van der Waals surface area contributed by atoms with Crippen molar-refractivity contribution in [2.75, 3.05) is 19.4 Å². The largest absolute Gasteiger partial charge is 0.329 e. The number of hydrogen-bond acceptors (Lipinski definition) is 5. The summed E-state index contributed by atoms with van der Waals surface area (Å²) in [5, 5.41) is 4.33. The summed E-state index contributed by atoms with van der Waals surface area (Å²) in [6.07, 6.45) is 8.37. The minimum Gasteiger partial charge on any atom is -0.329 e. The van der Waals surface area contributed by atoms with Crippen LogP contribution < -0.4 is 4.68 Å². The fraction of sp³-hybridized carbons (Fsp3) is 0.429. The summed E-state index contributed by atoms with van der Waals surface area (Å²) < 4.78 is 19.0. The van der Waals surface area contributed by atoms with E-state index < -0.39 is 7.37 Å². The minimum absolute atomic E-state index is 0.491. The van der Waals surface area contributed by atoms with Gasteiger partial charge in [0.15, 0.2) is 25.9 Å². The van der Waals surface area contributed by atoms with E-state index in [0.717, 1.165) is 12.0 Å². The third kappa shape index (κ3) is 4.99. The van der Waals surface area contributed by atoms with Crippen molar-refractivity contribution in [3.63, 3.8) is 0 Å². The SMILES string of the molecule is CCOP(C)(=O)CCC[n+]1ccc(-c2ncccn2)cn1. The van der Waals surface area contributed by atoms with Gasteiger partial charge in [-0.3, -0.25) is 4.57 Å². The molecule has 1 atom stereocenters. The Labute approximate surface area is 124 Å². The Kier molecular flexibility index (Phi) is 5.53. The summed E-state index contributed by atoms with van der Waals surface area (Å²) in [5.74, 6) is 0.659. The number of aryl methyl sites for hydroxylation is 1. The molecule has 0 spiro atoms. The maximum atomic E-state index is 12.0. The van der Waals surface area contributed by atoms with Crippen LogP contribution in [0.1, 0.15) is 13.3 Å². The number of hydrogen-bond donors (Lipinski definition) is 0. The molecule has 0 fully saturated rings. The molecule has 0 aliphatic rings. The fourth-order valence-electron chi connectivity index (χ4n) is 1.95. The van der Waals surface area contributed by atoms with Crippen molar-refractivity contribution in [1.82, 2.24) is 15.1 Å². The van der Waals surface area contributed by atoms with Crippen LogP contribution in [0, 0.1) is 0 Å². The van der Waals surface area contributed by atoms with E-state index in [2.05, 4.69) is 15.1 Å². The van der Waals surface area contributed by atoms with E-state index in [-0.39, 0.29) is 0 Å². The first-order valence-electron chi connectivity index (χ1n) is 6.95. The highest BCUT2D eigenvalue weighted by atomic mass is 31.2. The van der Waals surface area contributed by atoms with Gasteiger partial charge in [-0.15, -0.1) is 0 Å². The van der Waals surface area contributed by atoms with E-state index in [4.69, 9.17) is 4.52 Å². The van der Waals surface area contributed by atoms with Crippen LogP contribution in [0.25, 0.3) is 11.4 Å². The lowest BCUT2D eigenvalue weighted by molar-refractivity contribution is -0.753. The van der Waals surface area contributed by atoms with Gasteiger partial charge in [0.1, 0.15) is 6.20 Å². The Morgan fingerprint density at radius 2 is 2.10 bits per heavy atom. The first kappa shape index (κ1) is 15.7. The molecule has 0 aliphatic heterocycles. The van der Waals surface area contributed by atoms with Crippen molar-refractivity contribution in [3.05, 3.63) is 36.9 Å². The van der Waals surface area contributed by atoms with Crippen LogP contribution in [-0.4, -0.2) is 34.5 Å². The second-order valence-electron chi connectivity index (χ2n) is 4.76. The molecule has 2 aromatic heterocycles. The average Bonchev–Trinajstić information content (AvgIpc) is 2.48. The van der Waals surface area contributed by atoms with Gasteiger partial charge in [-0.2, -0.15) is 0 Å². The maximum absolute atomic E-state index is 12.0. The summed E-state index contributed by atoms with van der Waals surface area (Å²) in [4.78, 5) is 8.36. The van der Waals surface area contributed by atoms with Crippen LogP contribution in [-0.2, 0) is 15.6 Å². The zero-order valence-corrected chi connectivity index (χ0v) is 13.2. The topological polar surface area (TPSA) is 68.8 Å². The highest BCUT2D eigenvalue weighted by molar-refractivity contribution is 7.58. The molecule has 0 N–H and O–H groups in total. The molecule has 0 saturated heterocycles. The lowest BCUT2D eigenvalue weighted by Crippen LogP contribution is -2.37. The van der Waals surface area contributed by atoms with Gasteiger partial charge in [-0.25, -0.2) is 9.97 Å². The summed E-state index contributed by atoms with van der Waals surface area (Å²) in [5.41, 5.74) is 0.877. The summed E-state index contributed by atoms with van der Waals surface area (Å²) in [7, 11) is -2.45. The Hall–Kier alpha value is -1.65. The van der Waals surface area contributed by atoms with Gasteiger partial charge in [-0.1, -0.05) is 4.68 Å².